The Morgan fingerprint density at radius 3 is 2.82 bits per heavy atom. The quantitative estimate of drug-likeness (QED) is 0.832. The highest BCUT2D eigenvalue weighted by Gasteiger charge is 2.32. The van der Waals surface area contributed by atoms with Crippen LogP contribution in [0.25, 0.3) is 0 Å². The maximum absolute atomic E-state index is 3.63. The second-order valence-corrected chi connectivity index (χ2v) is 7.45. The van der Waals surface area contributed by atoms with E-state index in [1.54, 1.807) is 0 Å². The van der Waals surface area contributed by atoms with E-state index in [1.807, 2.05) is 0 Å². The first kappa shape index (κ1) is 13.7. The lowest BCUT2D eigenvalue weighted by Gasteiger charge is -2.41. The molecule has 0 bridgehead atoms. The number of hydrogen-bond donors (Lipinski definition) is 1. The predicted octanol–water partition coefficient (Wildman–Crippen LogP) is 2.59. The van der Waals surface area contributed by atoms with E-state index in [9.17, 15) is 0 Å². The van der Waals surface area contributed by atoms with Crippen LogP contribution in [-0.2, 0) is 0 Å². The van der Waals surface area contributed by atoms with Crippen molar-refractivity contribution in [2.24, 2.45) is 5.41 Å². The Balaban J connectivity index is 1.88. The van der Waals surface area contributed by atoms with Crippen molar-refractivity contribution in [3.8, 4) is 0 Å². The highest BCUT2D eigenvalue weighted by atomic mass is 32.2. The van der Waals surface area contributed by atoms with E-state index >= 15 is 0 Å². The van der Waals surface area contributed by atoms with Crippen LogP contribution >= 0.6 is 11.8 Å². The van der Waals surface area contributed by atoms with Crippen molar-refractivity contribution in [2.75, 3.05) is 31.1 Å². The minimum Gasteiger partial charge on any atom is -0.313 e. The summed E-state index contributed by atoms with van der Waals surface area (Å²) in [5, 5.41) is 3.63. The first-order valence-electron chi connectivity index (χ1n) is 7.16. The largest absolute Gasteiger partial charge is 0.313 e. The Kier molecular flexibility index (Phi) is 4.79. The van der Waals surface area contributed by atoms with Gasteiger partial charge in [0, 0.05) is 24.4 Å². The van der Waals surface area contributed by atoms with Gasteiger partial charge in [-0.15, -0.1) is 0 Å². The van der Waals surface area contributed by atoms with Gasteiger partial charge in [-0.25, -0.2) is 0 Å². The lowest BCUT2D eigenvalue weighted by molar-refractivity contribution is 0.155. The second kappa shape index (κ2) is 5.94. The van der Waals surface area contributed by atoms with E-state index in [0.29, 0.717) is 5.41 Å². The second-order valence-electron chi connectivity index (χ2n) is 6.42. The van der Waals surface area contributed by atoms with E-state index in [2.05, 4.69) is 42.7 Å². The van der Waals surface area contributed by atoms with Gasteiger partial charge in [-0.05, 0) is 43.5 Å². The summed E-state index contributed by atoms with van der Waals surface area (Å²) in [6, 6.07) is 1.56. The molecule has 2 aliphatic heterocycles. The fraction of sp³-hybridized carbons (Fsp3) is 1.00. The number of nitrogens with one attached hydrogen (secondary N) is 1. The number of thioether (sulfide) groups is 1. The van der Waals surface area contributed by atoms with Crippen LogP contribution < -0.4 is 5.32 Å². The molecule has 2 heterocycles. The molecule has 0 saturated carbocycles. The summed E-state index contributed by atoms with van der Waals surface area (Å²) in [6.45, 7) is 10.9. The molecule has 0 aromatic heterocycles. The summed E-state index contributed by atoms with van der Waals surface area (Å²) in [5.74, 6) is 2.67. The Bertz CT molecular complexity index is 236. The fourth-order valence-electron chi connectivity index (χ4n) is 3.19. The van der Waals surface area contributed by atoms with Gasteiger partial charge < -0.3 is 5.32 Å². The third-order valence-electron chi connectivity index (χ3n) is 4.13. The van der Waals surface area contributed by atoms with Gasteiger partial charge in [0.25, 0.3) is 0 Å². The Labute approximate surface area is 111 Å². The van der Waals surface area contributed by atoms with E-state index in [0.717, 1.165) is 12.1 Å². The summed E-state index contributed by atoms with van der Waals surface area (Å²) >= 11 is 2.15. The molecule has 2 fully saturated rings. The van der Waals surface area contributed by atoms with Gasteiger partial charge in [0.15, 0.2) is 0 Å². The minimum atomic E-state index is 0.532. The van der Waals surface area contributed by atoms with Crippen molar-refractivity contribution < 1.29 is 0 Å². The lowest BCUT2D eigenvalue weighted by Crippen LogP contribution is -2.48. The SMILES string of the molecule is CCN(CC1CCCN1)C1CSCC(C)(C)C1. The fourth-order valence-corrected chi connectivity index (χ4v) is 4.58. The van der Waals surface area contributed by atoms with Gasteiger partial charge in [0.1, 0.15) is 0 Å². The van der Waals surface area contributed by atoms with Gasteiger partial charge >= 0.3 is 0 Å². The van der Waals surface area contributed by atoms with Crippen LogP contribution in [0.1, 0.15) is 40.0 Å². The molecule has 2 rings (SSSR count). The average Bonchev–Trinajstić information content (AvgIpc) is 2.77. The maximum Gasteiger partial charge on any atom is 0.0195 e. The molecule has 100 valence electrons. The standard InChI is InChI=1S/C14H28N2S/c1-4-16(9-12-6-5-7-15-12)13-8-14(2,3)11-17-10-13/h12-13,15H,4-11H2,1-3H3. The highest BCUT2D eigenvalue weighted by molar-refractivity contribution is 7.99. The summed E-state index contributed by atoms with van der Waals surface area (Å²) in [4.78, 5) is 2.72. The van der Waals surface area contributed by atoms with Crippen molar-refractivity contribution in [3.63, 3.8) is 0 Å². The summed E-state index contributed by atoms with van der Waals surface area (Å²) in [5.41, 5.74) is 0.532. The van der Waals surface area contributed by atoms with Crippen LogP contribution in [0.5, 0.6) is 0 Å². The maximum atomic E-state index is 3.63. The molecule has 2 saturated heterocycles. The molecule has 0 aliphatic carbocycles. The van der Waals surface area contributed by atoms with Crippen LogP contribution in [0.4, 0.5) is 0 Å². The van der Waals surface area contributed by atoms with E-state index in [1.165, 1.54) is 50.4 Å². The number of hydrogen-bond acceptors (Lipinski definition) is 3. The first-order chi connectivity index (χ1) is 8.11. The predicted molar refractivity (Wildman–Crippen MR) is 77.8 cm³/mol. The van der Waals surface area contributed by atoms with Crippen molar-refractivity contribution in [1.29, 1.82) is 0 Å². The molecule has 3 heteroatoms. The van der Waals surface area contributed by atoms with Crippen LogP contribution in [-0.4, -0.2) is 48.1 Å². The van der Waals surface area contributed by atoms with Gasteiger partial charge in [-0.1, -0.05) is 20.8 Å². The molecule has 0 aromatic rings. The third kappa shape index (κ3) is 3.87. The average molecular weight is 256 g/mol. The molecule has 2 atom stereocenters. The highest BCUT2D eigenvalue weighted by Crippen LogP contribution is 2.35. The third-order valence-corrected chi connectivity index (χ3v) is 5.74. The van der Waals surface area contributed by atoms with Crippen molar-refractivity contribution >= 4 is 11.8 Å². The molecule has 17 heavy (non-hydrogen) atoms. The van der Waals surface area contributed by atoms with Crippen LogP contribution in [0.2, 0.25) is 0 Å². The molecule has 0 radical (unpaired) electrons. The summed E-state index contributed by atoms with van der Waals surface area (Å²) in [6.07, 6.45) is 4.12. The molecule has 0 aromatic carbocycles. The zero-order chi connectivity index (χ0) is 12.3. The zero-order valence-electron chi connectivity index (χ0n) is 11.7. The van der Waals surface area contributed by atoms with Gasteiger partial charge in [-0.2, -0.15) is 11.8 Å². The number of rotatable bonds is 4. The molecule has 2 nitrogen and oxygen atoms in total. The molecular weight excluding hydrogens is 228 g/mol. The molecular formula is C14H28N2S. The Morgan fingerprint density at radius 1 is 1.41 bits per heavy atom. The lowest BCUT2D eigenvalue weighted by atomic mass is 9.87. The van der Waals surface area contributed by atoms with Gasteiger partial charge in [0.05, 0.1) is 0 Å². The van der Waals surface area contributed by atoms with E-state index in [4.69, 9.17) is 0 Å². The van der Waals surface area contributed by atoms with Crippen LogP contribution in [0, 0.1) is 5.41 Å². The smallest absolute Gasteiger partial charge is 0.0195 e. The van der Waals surface area contributed by atoms with E-state index < -0.39 is 0 Å². The molecule has 2 unspecified atom stereocenters. The van der Waals surface area contributed by atoms with Crippen LogP contribution in [0.3, 0.4) is 0 Å². The zero-order valence-corrected chi connectivity index (χ0v) is 12.5. The van der Waals surface area contributed by atoms with Crippen molar-refractivity contribution in [1.82, 2.24) is 10.2 Å². The normalized spacial score (nSPS) is 33.2. The number of likely N-dealkylation sites (N-methyl/N-ethyl adjacent to an activating group) is 1. The Morgan fingerprint density at radius 2 is 2.24 bits per heavy atom. The number of nitrogens with zero attached hydrogens (tertiary/aromatic N) is 1. The van der Waals surface area contributed by atoms with Crippen molar-refractivity contribution in [3.05, 3.63) is 0 Å². The summed E-state index contributed by atoms with van der Waals surface area (Å²) in [7, 11) is 0. The van der Waals surface area contributed by atoms with E-state index in [-0.39, 0.29) is 0 Å². The minimum absolute atomic E-state index is 0.532. The van der Waals surface area contributed by atoms with Gasteiger partial charge in [-0.3, -0.25) is 4.90 Å². The monoisotopic (exact) mass is 256 g/mol. The molecule has 0 amide bonds. The van der Waals surface area contributed by atoms with Crippen LogP contribution in [0.15, 0.2) is 0 Å². The Hall–Kier alpha value is 0.270. The molecule has 1 N–H and O–H groups in total. The van der Waals surface area contributed by atoms with Crippen molar-refractivity contribution in [2.45, 2.75) is 52.1 Å². The first-order valence-corrected chi connectivity index (χ1v) is 8.31. The topological polar surface area (TPSA) is 15.3 Å². The molecule has 0 spiro atoms. The molecule has 2 aliphatic rings. The van der Waals surface area contributed by atoms with Gasteiger partial charge in [0.2, 0.25) is 0 Å². The summed E-state index contributed by atoms with van der Waals surface area (Å²) < 4.78 is 0.